The Kier molecular flexibility index (Phi) is 4.55. The van der Waals surface area contributed by atoms with Crippen LogP contribution in [0.2, 0.25) is 0 Å². The van der Waals surface area contributed by atoms with Gasteiger partial charge in [0, 0.05) is 30.9 Å². The third kappa shape index (κ3) is 3.60. The molecule has 0 unspecified atom stereocenters. The van der Waals surface area contributed by atoms with Gasteiger partial charge in [0.15, 0.2) is 4.96 Å². The number of aromatic nitrogens is 2. The molecule has 0 aliphatic carbocycles. The standard InChI is InChI=1S/C19H21N3O2S/c23-13-15-3-1-14(2-4-15)9-16-5-6-21(11-16)18(24)10-17-12-22-7-8-25-19(22)20-17/h1-4,7-8,12,16,23H,5-6,9-11,13H2/t16-/m1/s1. The molecule has 1 aromatic carbocycles. The Morgan fingerprint density at radius 1 is 1.28 bits per heavy atom. The molecular weight excluding hydrogens is 334 g/mol. The number of thiazole rings is 1. The van der Waals surface area contributed by atoms with Crippen LogP contribution in [0.25, 0.3) is 4.96 Å². The number of rotatable bonds is 5. The van der Waals surface area contributed by atoms with Gasteiger partial charge in [0.05, 0.1) is 18.7 Å². The lowest BCUT2D eigenvalue weighted by Crippen LogP contribution is -2.30. The molecule has 3 heterocycles. The van der Waals surface area contributed by atoms with Gasteiger partial charge < -0.3 is 10.0 Å². The Morgan fingerprint density at radius 3 is 2.84 bits per heavy atom. The van der Waals surface area contributed by atoms with E-state index in [0.717, 1.165) is 42.1 Å². The second-order valence-electron chi connectivity index (χ2n) is 6.68. The topological polar surface area (TPSA) is 57.8 Å². The molecular formula is C19H21N3O2S. The number of aliphatic hydroxyl groups excluding tert-OH is 1. The van der Waals surface area contributed by atoms with E-state index >= 15 is 0 Å². The second kappa shape index (κ2) is 6.98. The molecule has 6 heteroatoms. The summed E-state index contributed by atoms with van der Waals surface area (Å²) in [7, 11) is 0. The van der Waals surface area contributed by atoms with Crippen molar-refractivity contribution in [1.82, 2.24) is 14.3 Å². The Morgan fingerprint density at radius 2 is 2.08 bits per heavy atom. The first-order chi connectivity index (χ1) is 12.2. The van der Waals surface area contributed by atoms with Crippen LogP contribution in [0, 0.1) is 5.92 Å². The van der Waals surface area contributed by atoms with Gasteiger partial charge in [-0.25, -0.2) is 4.98 Å². The van der Waals surface area contributed by atoms with Crippen LogP contribution in [0.3, 0.4) is 0 Å². The second-order valence-corrected chi connectivity index (χ2v) is 7.55. The summed E-state index contributed by atoms with van der Waals surface area (Å²) in [4.78, 5) is 20.0. The van der Waals surface area contributed by atoms with E-state index in [1.807, 2.05) is 39.2 Å². The summed E-state index contributed by atoms with van der Waals surface area (Å²) in [6.45, 7) is 1.74. The van der Waals surface area contributed by atoms with Crippen LogP contribution in [-0.2, 0) is 24.2 Å². The smallest absolute Gasteiger partial charge is 0.228 e. The maximum absolute atomic E-state index is 12.5. The van der Waals surface area contributed by atoms with Crippen LogP contribution in [0.1, 0.15) is 23.2 Å². The summed E-state index contributed by atoms with van der Waals surface area (Å²) in [5.41, 5.74) is 3.05. The maximum atomic E-state index is 12.5. The minimum Gasteiger partial charge on any atom is -0.392 e. The van der Waals surface area contributed by atoms with Gasteiger partial charge in [-0.1, -0.05) is 24.3 Å². The molecule has 1 aliphatic rings. The number of aliphatic hydroxyl groups is 1. The molecule has 1 atom stereocenters. The van der Waals surface area contributed by atoms with E-state index in [9.17, 15) is 4.79 Å². The lowest BCUT2D eigenvalue weighted by Gasteiger charge is -2.16. The molecule has 130 valence electrons. The molecule has 2 aromatic heterocycles. The van der Waals surface area contributed by atoms with Crippen molar-refractivity contribution in [3.05, 3.63) is 58.9 Å². The number of carbonyl (C=O) groups excluding carboxylic acids is 1. The fourth-order valence-electron chi connectivity index (χ4n) is 3.47. The summed E-state index contributed by atoms with van der Waals surface area (Å²) in [6, 6.07) is 8.09. The van der Waals surface area contributed by atoms with E-state index in [1.54, 1.807) is 11.3 Å². The Balaban J connectivity index is 1.33. The molecule has 25 heavy (non-hydrogen) atoms. The molecule has 5 nitrogen and oxygen atoms in total. The van der Waals surface area contributed by atoms with Crippen LogP contribution in [0.4, 0.5) is 0 Å². The van der Waals surface area contributed by atoms with Gasteiger partial charge >= 0.3 is 0 Å². The maximum Gasteiger partial charge on any atom is 0.228 e. The van der Waals surface area contributed by atoms with Crippen molar-refractivity contribution in [3.63, 3.8) is 0 Å². The van der Waals surface area contributed by atoms with Gasteiger partial charge in [-0.2, -0.15) is 0 Å². The van der Waals surface area contributed by atoms with E-state index in [2.05, 4.69) is 17.1 Å². The third-order valence-electron chi connectivity index (χ3n) is 4.84. The lowest BCUT2D eigenvalue weighted by molar-refractivity contribution is -0.129. The average Bonchev–Trinajstić information content (AvgIpc) is 3.31. The molecule has 1 amide bonds. The molecule has 1 N–H and O–H groups in total. The Hall–Kier alpha value is -2.18. The van der Waals surface area contributed by atoms with Crippen molar-refractivity contribution in [2.24, 2.45) is 5.92 Å². The Bertz CT molecular complexity index is 840. The zero-order chi connectivity index (χ0) is 17.2. The molecule has 0 bridgehead atoms. The van der Waals surface area contributed by atoms with Crippen LogP contribution < -0.4 is 0 Å². The first kappa shape index (κ1) is 16.3. The van der Waals surface area contributed by atoms with Gasteiger partial charge in [-0.15, -0.1) is 11.3 Å². The number of nitrogens with zero attached hydrogens (tertiary/aromatic N) is 3. The minimum absolute atomic E-state index is 0.0811. The quantitative estimate of drug-likeness (QED) is 0.765. The number of imidazole rings is 1. The molecule has 1 aliphatic heterocycles. The zero-order valence-electron chi connectivity index (χ0n) is 14.0. The number of hydrogen-bond donors (Lipinski definition) is 1. The molecule has 4 rings (SSSR count). The number of amides is 1. The molecule has 0 radical (unpaired) electrons. The summed E-state index contributed by atoms with van der Waals surface area (Å²) in [6.07, 6.45) is 6.32. The average molecular weight is 355 g/mol. The third-order valence-corrected chi connectivity index (χ3v) is 5.61. The van der Waals surface area contributed by atoms with E-state index in [-0.39, 0.29) is 12.5 Å². The fraction of sp³-hybridized carbons (Fsp3) is 0.368. The highest BCUT2D eigenvalue weighted by Gasteiger charge is 2.26. The van der Waals surface area contributed by atoms with Crippen molar-refractivity contribution in [3.8, 4) is 0 Å². The van der Waals surface area contributed by atoms with Crippen molar-refractivity contribution in [2.45, 2.75) is 25.9 Å². The first-order valence-electron chi connectivity index (χ1n) is 8.59. The molecule has 0 spiro atoms. The van der Waals surface area contributed by atoms with Crippen LogP contribution in [0.5, 0.6) is 0 Å². The molecule has 0 saturated carbocycles. The predicted octanol–water partition coefficient (Wildman–Crippen LogP) is 2.52. The molecule has 3 aromatic rings. The minimum atomic E-state index is 0.0811. The van der Waals surface area contributed by atoms with Gasteiger partial charge in [0.25, 0.3) is 0 Å². The summed E-state index contributed by atoms with van der Waals surface area (Å²) < 4.78 is 1.97. The normalized spacial score (nSPS) is 17.5. The van der Waals surface area contributed by atoms with Crippen molar-refractivity contribution >= 4 is 22.2 Å². The highest BCUT2D eigenvalue weighted by atomic mass is 32.1. The zero-order valence-corrected chi connectivity index (χ0v) is 14.8. The number of carbonyl (C=O) groups is 1. The van der Waals surface area contributed by atoms with Gasteiger partial charge in [0.1, 0.15) is 0 Å². The van der Waals surface area contributed by atoms with E-state index in [1.165, 1.54) is 5.56 Å². The molecule has 1 fully saturated rings. The predicted molar refractivity (Wildman–Crippen MR) is 97.5 cm³/mol. The summed E-state index contributed by atoms with van der Waals surface area (Å²) in [5.74, 6) is 0.679. The van der Waals surface area contributed by atoms with Crippen LogP contribution >= 0.6 is 11.3 Å². The first-order valence-corrected chi connectivity index (χ1v) is 9.47. The number of benzene rings is 1. The van der Waals surface area contributed by atoms with E-state index in [4.69, 9.17) is 5.11 Å². The van der Waals surface area contributed by atoms with E-state index in [0.29, 0.717) is 12.3 Å². The summed E-state index contributed by atoms with van der Waals surface area (Å²) in [5, 5.41) is 11.1. The monoisotopic (exact) mass is 355 g/mol. The SMILES string of the molecule is O=C(Cc1cn2ccsc2n1)N1CC[C@H](Cc2ccc(CO)cc2)C1. The largest absolute Gasteiger partial charge is 0.392 e. The van der Waals surface area contributed by atoms with E-state index < -0.39 is 0 Å². The van der Waals surface area contributed by atoms with Gasteiger partial charge in [-0.05, 0) is 29.9 Å². The molecule has 1 saturated heterocycles. The fourth-order valence-corrected chi connectivity index (χ4v) is 4.19. The van der Waals surface area contributed by atoms with Crippen LogP contribution in [-0.4, -0.2) is 38.4 Å². The van der Waals surface area contributed by atoms with Crippen molar-refractivity contribution in [1.29, 1.82) is 0 Å². The lowest BCUT2D eigenvalue weighted by atomic mass is 9.98. The number of hydrogen-bond acceptors (Lipinski definition) is 4. The van der Waals surface area contributed by atoms with Crippen LogP contribution in [0.15, 0.2) is 42.0 Å². The summed E-state index contributed by atoms with van der Waals surface area (Å²) >= 11 is 1.58. The van der Waals surface area contributed by atoms with Gasteiger partial charge in [0.2, 0.25) is 5.91 Å². The number of fused-ring (bicyclic) bond motifs is 1. The Labute approximate surface area is 150 Å². The highest BCUT2D eigenvalue weighted by Crippen LogP contribution is 2.22. The van der Waals surface area contributed by atoms with Crippen molar-refractivity contribution in [2.75, 3.05) is 13.1 Å². The van der Waals surface area contributed by atoms with Crippen molar-refractivity contribution < 1.29 is 9.90 Å². The van der Waals surface area contributed by atoms with Gasteiger partial charge in [-0.3, -0.25) is 9.20 Å². The highest BCUT2D eigenvalue weighted by molar-refractivity contribution is 7.15. The number of likely N-dealkylation sites (tertiary alicyclic amines) is 1.